The van der Waals surface area contributed by atoms with Crippen molar-refractivity contribution in [1.29, 1.82) is 0 Å². The molecule has 0 aromatic rings. The van der Waals surface area contributed by atoms with Crippen molar-refractivity contribution >= 4 is 0 Å². The summed E-state index contributed by atoms with van der Waals surface area (Å²) in [7, 11) is 0. The lowest BCUT2D eigenvalue weighted by Gasteiger charge is -1.92. The molecule has 14 heavy (non-hydrogen) atoms. The molecule has 0 N–H and O–H groups in total. The first kappa shape index (κ1) is 11.0. The molecule has 0 aliphatic heterocycles. The zero-order chi connectivity index (χ0) is 9.90. The van der Waals surface area contributed by atoms with E-state index in [0.717, 1.165) is 12.8 Å². The molecule has 0 bridgehead atoms. The molecule has 1 rings (SSSR count). The maximum absolute atomic E-state index is 3.24. The lowest BCUT2D eigenvalue weighted by atomic mass is 10.1. The molecule has 1 aliphatic carbocycles. The molecule has 0 aromatic heterocycles. The van der Waals surface area contributed by atoms with Gasteiger partial charge in [0.1, 0.15) is 0 Å². The van der Waals surface area contributed by atoms with Crippen LogP contribution < -0.4 is 0 Å². The van der Waals surface area contributed by atoms with Crippen molar-refractivity contribution in [1.82, 2.24) is 0 Å². The van der Waals surface area contributed by atoms with Crippen LogP contribution in [0.3, 0.4) is 0 Å². The van der Waals surface area contributed by atoms with Gasteiger partial charge in [0.05, 0.1) is 0 Å². The fraction of sp³-hybridized carbons (Fsp3) is 0.429. The molecule has 1 radical (unpaired) electrons. The molecule has 0 nitrogen and oxygen atoms in total. The van der Waals surface area contributed by atoms with Gasteiger partial charge < -0.3 is 0 Å². The Labute approximate surface area is 87.7 Å². The van der Waals surface area contributed by atoms with E-state index in [1.165, 1.54) is 25.7 Å². The summed E-state index contributed by atoms with van der Waals surface area (Å²) in [4.78, 5) is 0. The van der Waals surface area contributed by atoms with E-state index in [-0.39, 0.29) is 0 Å². The van der Waals surface area contributed by atoms with Gasteiger partial charge in [0.15, 0.2) is 0 Å². The van der Waals surface area contributed by atoms with Crippen LogP contribution in [0.25, 0.3) is 0 Å². The number of hydrogen-bond donors (Lipinski definition) is 0. The summed E-state index contributed by atoms with van der Waals surface area (Å²) >= 11 is 0. The van der Waals surface area contributed by atoms with E-state index < -0.39 is 0 Å². The van der Waals surface area contributed by atoms with Crippen LogP contribution in [0.15, 0.2) is 42.5 Å². The molecule has 0 unspecified atom stereocenters. The Morgan fingerprint density at radius 3 is 2.50 bits per heavy atom. The summed E-state index contributed by atoms with van der Waals surface area (Å²) in [5, 5.41) is 0. The highest BCUT2D eigenvalue weighted by Crippen LogP contribution is 2.03. The summed E-state index contributed by atoms with van der Waals surface area (Å²) in [5.41, 5.74) is 0. The molecule has 0 fully saturated rings. The predicted molar refractivity (Wildman–Crippen MR) is 62.9 cm³/mol. The number of allylic oxidation sites excluding steroid dienone is 8. The quantitative estimate of drug-likeness (QED) is 0.494. The summed E-state index contributed by atoms with van der Waals surface area (Å²) in [6.07, 6.45) is 25.5. The van der Waals surface area contributed by atoms with Crippen LogP contribution in [-0.2, 0) is 0 Å². The highest BCUT2D eigenvalue weighted by molar-refractivity contribution is 5.04. The Balaban J connectivity index is 2.35. The molecule has 75 valence electrons. The zero-order valence-electron chi connectivity index (χ0n) is 8.78. The lowest BCUT2D eigenvalue weighted by Crippen LogP contribution is -1.73. The molecular formula is C14H19. The molecule has 0 saturated heterocycles. The Bertz CT molecular complexity index is 228. The van der Waals surface area contributed by atoms with Gasteiger partial charge >= 0.3 is 0 Å². The topological polar surface area (TPSA) is 0 Å². The Morgan fingerprint density at radius 1 is 0.786 bits per heavy atom. The van der Waals surface area contributed by atoms with Crippen molar-refractivity contribution in [3.8, 4) is 0 Å². The van der Waals surface area contributed by atoms with Crippen molar-refractivity contribution in [2.75, 3.05) is 0 Å². The van der Waals surface area contributed by atoms with Crippen LogP contribution >= 0.6 is 0 Å². The largest absolute Gasteiger partial charge is 0.0882 e. The van der Waals surface area contributed by atoms with Gasteiger partial charge in [0, 0.05) is 0 Å². The molecule has 0 heterocycles. The van der Waals surface area contributed by atoms with E-state index in [1.54, 1.807) is 0 Å². The van der Waals surface area contributed by atoms with E-state index in [1.807, 2.05) is 0 Å². The first-order valence-electron chi connectivity index (χ1n) is 5.52. The van der Waals surface area contributed by atoms with E-state index >= 15 is 0 Å². The van der Waals surface area contributed by atoms with Crippen molar-refractivity contribution in [3.05, 3.63) is 48.6 Å². The van der Waals surface area contributed by atoms with Crippen LogP contribution in [-0.4, -0.2) is 0 Å². The van der Waals surface area contributed by atoms with Crippen molar-refractivity contribution in [2.24, 2.45) is 0 Å². The first-order valence-corrected chi connectivity index (χ1v) is 5.52. The van der Waals surface area contributed by atoms with Gasteiger partial charge in [-0.15, -0.1) is 0 Å². The third kappa shape index (κ3) is 6.47. The lowest BCUT2D eigenvalue weighted by molar-refractivity contribution is 0.761. The van der Waals surface area contributed by atoms with Gasteiger partial charge in [0.25, 0.3) is 0 Å². The third-order valence-corrected chi connectivity index (χ3v) is 2.18. The van der Waals surface area contributed by atoms with E-state index in [4.69, 9.17) is 0 Å². The molecule has 0 heteroatoms. The number of rotatable bonds is 0. The van der Waals surface area contributed by atoms with Crippen LogP contribution in [0, 0.1) is 6.08 Å². The van der Waals surface area contributed by atoms with Gasteiger partial charge in [-0.1, -0.05) is 42.5 Å². The molecule has 0 amide bonds. The minimum Gasteiger partial charge on any atom is -0.0882 e. The fourth-order valence-electron chi connectivity index (χ4n) is 1.36. The normalized spacial score (nSPS) is 28.6. The van der Waals surface area contributed by atoms with Crippen molar-refractivity contribution in [3.63, 3.8) is 0 Å². The zero-order valence-corrected chi connectivity index (χ0v) is 8.78. The molecular weight excluding hydrogens is 168 g/mol. The molecule has 0 spiro atoms. The summed E-state index contributed by atoms with van der Waals surface area (Å²) in [6, 6.07) is 0. The maximum atomic E-state index is 3.24. The highest BCUT2D eigenvalue weighted by atomic mass is 13.9. The standard InChI is InChI=1S/C14H19/c1-2-4-6-8-10-12-14-13-11-9-7-5-3-1/h1-4,10,13-14H,5-7,9,11-12H2/b3-1-,4-2+,10-8?,14-13+. The second-order valence-electron chi connectivity index (χ2n) is 3.46. The second-order valence-corrected chi connectivity index (χ2v) is 3.46. The maximum Gasteiger partial charge on any atom is -0.00946 e. The molecule has 0 aromatic carbocycles. The molecule has 1 aliphatic rings. The minimum absolute atomic E-state index is 0.929. The van der Waals surface area contributed by atoms with Gasteiger partial charge in [-0.2, -0.15) is 0 Å². The summed E-state index contributed by atoms with van der Waals surface area (Å²) in [6.45, 7) is 0. The average molecular weight is 187 g/mol. The summed E-state index contributed by atoms with van der Waals surface area (Å²) < 4.78 is 0. The monoisotopic (exact) mass is 187 g/mol. The van der Waals surface area contributed by atoms with Gasteiger partial charge in [0.2, 0.25) is 0 Å². The fourth-order valence-corrected chi connectivity index (χ4v) is 1.36. The number of hydrogen-bond acceptors (Lipinski definition) is 0. The molecule has 0 saturated carbocycles. The van der Waals surface area contributed by atoms with Gasteiger partial charge in [-0.3, -0.25) is 0 Å². The smallest absolute Gasteiger partial charge is 0.00946 e. The highest BCUT2D eigenvalue weighted by Gasteiger charge is 1.83. The Morgan fingerprint density at radius 2 is 1.57 bits per heavy atom. The minimum atomic E-state index is 0.929. The van der Waals surface area contributed by atoms with Crippen LogP contribution in [0.2, 0.25) is 0 Å². The van der Waals surface area contributed by atoms with Crippen molar-refractivity contribution < 1.29 is 0 Å². The average Bonchev–Trinajstić information content (AvgIpc) is 2.22. The van der Waals surface area contributed by atoms with Crippen LogP contribution in [0.4, 0.5) is 0 Å². The van der Waals surface area contributed by atoms with E-state index in [0.29, 0.717) is 0 Å². The first-order chi connectivity index (χ1) is 7.00. The van der Waals surface area contributed by atoms with E-state index in [9.17, 15) is 0 Å². The van der Waals surface area contributed by atoms with Gasteiger partial charge in [-0.05, 0) is 44.6 Å². The van der Waals surface area contributed by atoms with Crippen LogP contribution in [0.1, 0.15) is 38.5 Å². The van der Waals surface area contributed by atoms with Crippen LogP contribution in [0.5, 0.6) is 0 Å². The van der Waals surface area contributed by atoms with Crippen molar-refractivity contribution in [2.45, 2.75) is 38.5 Å². The Kier molecular flexibility index (Phi) is 6.74. The molecule has 0 atom stereocenters. The summed E-state index contributed by atoms with van der Waals surface area (Å²) in [5.74, 6) is 0. The second kappa shape index (κ2) is 8.55. The predicted octanol–water partition coefficient (Wildman–Crippen LogP) is 4.37. The Hall–Kier alpha value is -1.04. The van der Waals surface area contributed by atoms with Gasteiger partial charge in [-0.25, -0.2) is 0 Å². The SMILES string of the molecule is [C]1=C/C/C=C/CCCC/C=C\C=C\C/1. The third-order valence-electron chi connectivity index (χ3n) is 2.18. The van der Waals surface area contributed by atoms with E-state index in [2.05, 4.69) is 48.6 Å².